The number of aryl methyl sites for hydroxylation is 1. The van der Waals surface area contributed by atoms with E-state index in [0.29, 0.717) is 6.54 Å². The molecule has 0 radical (unpaired) electrons. The molecule has 1 unspecified atom stereocenters. The molecule has 1 aromatic rings. The van der Waals surface area contributed by atoms with Gasteiger partial charge in [-0.05, 0) is 44.5 Å². The molecule has 0 N–H and O–H groups in total. The molecule has 0 aliphatic carbocycles. The average Bonchev–Trinajstić information content (AvgIpc) is 2.89. The molecule has 1 heterocycles. The first-order valence-electron chi connectivity index (χ1n) is 7.75. The van der Waals surface area contributed by atoms with Gasteiger partial charge in [0.15, 0.2) is 0 Å². The summed E-state index contributed by atoms with van der Waals surface area (Å²) in [6.45, 7) is 8.54. The highest BCUT2D eigenvalue weighted by Gasteiger charge is 2.36. The molecule has 5 nitrogen and oxygen atoms in total. The molecule has 22 heavy (non-hydrogen) atoms. The topological polar surface area (TPSA) is 49.9 Å². The summed E-state index contributed by atoms with van der Waals surface area (Å²) in [6, 6.07) is 6.11. The Bertz CT molecular complexity index is 567. The second-order valence-corrected chi connectivity index (χ2v) is 5.57. The standard InChI is InChI=1S/C17H24N2O3/c1-5-18(6-2)14-7-8-15(12(3)9-14)19-11-13(10-16(19)20)17(21)22-4/h7-9,13H,5-6,10-11H2,1-4H3. The Morgan fingerprint density at radius 1 is 1.36 bits per heavy atom. The molecule has 1 saturated heterocycles. The van der Waals surface area contributed by atoms with Gasteiger partial charge < -0.3 is 14.5 Å². The van der Waals surface area contributed by atoms with Crippen LogP contribution < -0.4 is 9.80 Å². The summed E-state index contributed by atoms with van der Waals surface area (Å²) in [7, 11) is 1.36. The Kier molecular flexibility index (Phi) is 5.06. The minimum Gasteiger partial charge on any atom is -0.469 e. The minimum atomic E-state index is -0.362. The highest BCUT2D eigenvalue weighted by Crippen LogP contribution is 2.31. The Balaban J connectivity index is 2.23. The number of anilines is 2. The lowest BCUT2D eigenvalue weighted by Crippen LogP contribution is -2.27. The van der Waals surface area contributed by atoms with Crippen molar-refractivity contribution in [1.29, 1.82) is 0 Å². The minimum absolute atomic E-state index is 0.0194. The van der Waals surface area contributed by atoms with Gasteiger partial charge in [0.05, 0.1) is 13.0 Å². The highest BCUT2D eigenvalue weighted by atomic mass is 16.5. The predicted molar refractivity (Wildman–Crippen MR) is 87.2 cm³/mol. The fourth-order valence-corrected chi connectivity index (χ4v) is 2.99. The van der Waals surface area contributed by atoms with E-state index < -0.39 is 0 Å². The lowest BCUT2D eigenvalue weighted by Gasteiger charge is -2.24. The molecule has 0 spiro atoms. The van der Waals surface area contributed by atoms with Gasteiger partial charge in [-0.15, -0.1) is 0 Å². The summed E-state index contributed by atoms with van der Waals surface area (Å²) >= 11 is 0. The Morgan fingerprint density at radius 2 is 2.05 bits per heavy atom. The third kappa shape index (κ3) is 3.08. The molecular formula is C17H24N2O3. The van der Waals surface area contributed by atoms with Crippen molar-refractivity contribution in [3.63, 3.8) is 0 Å². The molecular weight excluding hydrogens is 280 g/mol. The van der Waals surface area contributed by atoms with Gasteiger partial charge in [-0.1, -0.05) is 0 Å². The number of hydrogen-bond donors (Lipinski definition) is 0. The number of hydrogen-bond acceptors (Lipinski definition) is 4. The van der Waals surface area contributed by atoms with Gasteiger partial charge in [-0.2, -0.15) is 0 Å². The Labute approximate surface area is 131 Å². The molecule has 1 amide bonds. The highest BCUT2D eigenvalue weighted by molar-refractivity contribution is 6.00. The van der Waals surface area contributed by atoms with Crippen molar-refractivity contribution in [3.8, 4) is 0 Å². The van der Waals surface area contributed by atoms with Crippen LogP contribution in [0.1, 0.15) is 25.8 Å². The van der Waals surface area contributed by atoms with Crippen LogP contribution in [0, 0.1) is 12.8 Å². The first-order chi connectivity index (χ1) is 10.5. The number of nitrogens with zero attached hydrogens (tertiary/aromatic N) is 2. The van der Waals surface area contributed by atoms with Crippen LogP contribution in [0.15, 0.2) is 18.2 Å². The number of ether oxygens (including phenoxy) is 1. The first kappa shape index (κ1) is 16.3. The lowest BCUT2D eigenvalue weighted by atomic mass is 10.1. The summed E-state index contributed by atoms with van der Waals surface area (Å²) in [5.41, 5.74) is 3.08. The van der Waals surface area contributed by atoms with E-state index in [2.05, 4.69) is 24.8 Å². The molecule has 1 aliphatic heterocycles. The molecule has 1 fully saturated rings. The quantitative estimate of drug-likeness (QED) is 0.784. The molecule has 0 aromatic heterocycles. The molecule has 2 rings (SSSR count). The second kappa shape index (κ2) is 6.81. The number of amides is 1. The summed E-state index contributed by atoms with van der Waals surface area (Å²) in [6.07, 6.45) is 0.226. The van der Waals surface area contributed by atoms with Gasteiger partial charge in [0.1, 0.15) is 0 Å². The van der Waals surface area contributed by atoms with Crippen molar-refractivity contribution in [1.82, 2.24) is 0 Å². The van der Waals surface area contributed by atoms with E-state index >= 15 is 0 Å². The van der Waals surface area contributed by atoms with Crippen LogP contribution in [0.5, 0.6) is 0 Å². The summed E-state index contributed by atoms with van der Waals surface area (Å²) in [5.74, 6) is -0.693. The van der Waals surface area contributed by atoms with E-state index in [9.17, 15) is 9.59 Å². The van der Waals surface area contributed by atoms with E-state index in [-0.39, 0.29) is 24.2 Å². The molecule has 1 aliphatic rings. The Morgan fingerprint density at radius 3 is 2.59 bits per heavy atom. The van der Waals surface area contributed by atoms with E-state index in [1.165, 1.54) is 7.11 Å². The van der Waals surface area contributed by atoms with Crippen LogP contribution in [-0.2, 0) is 14.3 Å². The second-order valence-electron chi connectivity index (χ2n) is 5.57. The fraction of sp³-hybridized carbons (Fsp3) is 0.529. The first-order valence-corrected chi connectivity index (χ1v) is 7.75. The van der Waals surface area contributed by atoms with Gasteiger partial charge in [-0.3, -0.25) is 9.59 Å². The number of carbonyl (C=O) groups is 2. The third-order valence-electron chi connectivity index (χ3n) is 4.26. The van der Waals surface area contributed by atoms with Crippen LogP contribution in [0.2, 0.25) is 0 Å². The zero-order chi connectivity index (χ0) is 16.3. The number of rotatable bonds is 5. The van der Waals surface area contributed by atoms with Crippen LogP contribution in [0.25, 0.3) is 0 Å². The molecule has 0 bridgehead atoms. The normalized spacial score (nSPS) is 17.7. The van der Waals surface area contributed by atoms with Crippen LogP contribution in [0.3, 0.4) is 0 Å². The maximum atomic E-state index is 12.2. The lowest BCUT2D eigenvalue weighted by molar-refractivity contribution is -0.145. The zero-order valence-electron chi connectivity index (χ0n) is 13.8. The van der Waals surface area contributed by atoms with Crippen LogP contribution in [0.4, 0.5) is 11.4 Å². The van der Waals surface area contributed by atoms with Crippen LogP contribution >= 0.6 is 0 Å². The number of esters is 1. The van der Waals surface area contributed by atoms with Crippen molar-refractivity contribution in [2.75, 3.05) is 36.5 Å². The largest absolute Gasteiger partial charge is 0.469 e. The molecule has 0 saturated carbocycles. The molecule has 120 valence electrons. The molecule has 1 atom stereocenters. The van der Waals surface area contributed by atoms with Crippen molar-refractivity contribution in [2.24, 2.45) is 5.92 Å². The maximum Gasteiger partial charge on any atom is 0.311 e. The summed E-state index contributed by atoms with van der Waals surface area (Å²) in [4.78, 5) is 27.8. The number of methoxy groups -OCH3 is 1. The Hall–Kier alpha value is -2.04. The fourth-order valence-electron chi connectivity index (χ4n) is 2.99. The zero-order valence-corrected chi connectivity index (χ0v) is 13.8. The van der Waals surface area contributed by atoms with E-state index in [0.717, 1.165) is 30.0 Å². The molecule has 5 heteroatoms. The van der Waals surface area contributed by atoms with E-state index in [4.69, 9.17) is 4.74 Å². The monoisotopic (exact) mass is 304 g/mol. The van der Waals surface area contributed by atoms with Crippen molar-refractivity contribution >= 4 is 23.3 Å². The number of carbonyl (C=O) groups excluding carboxylic acids is 2. The maximum absolute atomic E-state index is 12.2. The summed E-state index contributed by atoms with van der Waals surface area (Å²) < 4.78 is 4.75. The van der Waals surface area contributed by atoms with Gasteiger partial charge in [0.25, 0.3) is 0 Å². The van der Waals surface area contributed by atoms with E-state index in [1.807, 2.05) is 19.1 Å². The average molecular weight is 304 g/mol. The number of benzene rings is 1. The van der Waals surface area contributed by atoms with Crippen molar-refractivity contribution in [2.45, 2.75) is 27.2 Å². The van der Waals surface area contributed by atoms with Gasteiger partial charge >= 0.3 is 5.97 Å². The van der Waals surface area contributed by atoms with Gasteiger partial charge in [0, 0.05) is 37.4 Å². The van der Waals surface area contributed by atoms with E-state index in [1.54, 1.807) is 4.90 Å². The molecule has 1 aromatic carbocycles. The third-order valence-corrected chi connectivity index (χ3v) is 4.26. The SMILES string of the molecule is CCN(CC)c1ccc(N2CC(C(=O)OC)CC2=O)c(C)c1. The van der Waals surface area contributed by atoms with Crippen molar-refractivity contribution in [3.05, 3.63) is 23.8 Å². The summed E-state index contributed by atoms with van der Waals surface area (Å²) in [5, 5.41) is 0. The smallest absolute Gasteiger partial charge is 0.311 e. The van der Waals surface area contributed by atoms with Crippen LogP contribution in [-0.4, -0.2) is 38.6 Å². The van der Waals surface area contributed by atoms with Gasteiger partial charge in [0.2, 0.25) is 5.91 Å². The van der Waals surface area contributed by atoms with Gasteiger partial charge in [-0.25, -0.2) is 0 Å². The van der Waals surface area contributed by atoms with Crippen molar-refractivity contribution < 1.29 is 14.3 Å². The predicted octanol–water partition coefficient (Wildman–Crippen LogP) is 2.37.